The summed E-state index contributed by atoms with van der Waals surface area (Å²) in [5.41, 5.74) is 3.45. The van der Waals surface area contributed by atoms with Crippen molar-refractivity contribution in [3.8, 4) is 0 Å². The van der Waals surface area contributed by atoms with E-state index >= 15 is 0 Å². The molecule has 1 rings (SSSR count). The van der Waals surface area contributed by atoms with Crippen LogP contribution in [0.3, 0.4) is 0 Å². The van der Waals surface area contributed by atoms with Crippen molar-refractivity contribution < 1.29 is 5.11 Å². The first-order chi connectivity index (χ1) is 6.15. The summed E-state index contributed by atoms with van der Waals surface area (Å²) in [5, 5.41) is 9.80. The van der Waals surface area contributed by atoms with Gasteiger partial charge in [-0.3, -0.25) is 0 Å². The summed E-state index contributed by atoms with van der Waals surface area (Å²) >= 11 is 1.67. The Balaban J connectivity index is 2.91. The number of hydrogen-bond acceptors (Lipinski definition) is 2. The molecular formula is C11H16OS. The van der Waals surface area contributed by atoms with E-state index in [2.05, 4.69) is 25.1 Å². The normalized spacial score (nSPS) is 12.9. The van der Waals surface area contributed by atoms with Gasteiger partial charge in [-0.05, 0) is 31.2 Å². The minimum Gasteiger partial charge on any atom is -0.388 e. The molecule has 0 saturated heterocycles. The Kier molecular flexibility index (Phi) is 3.82. The van der Waals surface area contributed by atoms with Crippen molar-refractivity contribution in [2.75, 3.05) is 12.0 Å². The predicted molar refractivity (Wildman–Crippen MR) is 59.3 cm³/mol. The first-order valence-electron chi connectivity index (χ1n) is 4.39. The van der Waals surface area contributed by atoms with E-state index in [-0.39, 0.29) is 6.10 Å². The average molecular weight is 196 g/mol. The highest BCUT2D eigenvalue weighted by molar-refractivity contribution is 7.98. The second-order valence-electron chi connectivity index (χ2n) is 3.33. The molecule has 0 aromatic heterocycles. The first kappa shape index (κ1) is 10.6. The Morgan fingerprint density at radius 3 is 2.69 bits per heavy atom. The van der Waals surface area contributed by atoms with E-state index in [9.17, 15) is 5.11 Å². The van der Waals surface area contributed by atoms with E-state index < -0.39 is 0 Å². The van der Waals surface area contributed by atoms with Crippen LogP contribution in [0.1, 0.15) is 22.8 Å². The van der Waals surface area contributed by atoms with Crippen molar-refractivity contribution in [1.29, 1.82) is 0 Å². The quantitative estimate of drug-likeness (QED) is 0.802. The van der Waals surface area contributed by atoms with Crippen LogP contribution in [0, 0.1) is 13.8 Å². The van der Waals surface area contributed by atoms with E-state index in [1.165, 1.54) is 11.1 Å². The van der Waals surface area contributed by atoms with Crippen LogP contribution >= 0.6 is 11.8 Å². The highest BCUT2D eigenvalue weighted by Crippen LogP contribution is 2.21. The van der Waals surface area contributed by atoms with Gasteiger partial charge in [0.05, 0.1) is 6.10 Å². The van der Waals surface area contributed by atoms with Gasteiger partial charge in [0.25, 0.3) is 0 Å². The Morgan fingerprint density at radius 1 is 1.38 bits per heavy atom. The molecule has 0 radical (unpaired) electrons. The third-order valence-corrected chi connectivity index (χ3v) is 2.77. The predicted octanol–water partition coefficient (Wildman–Crippen LogP) is 2.70. The molecule has 1 atom stereocenters. The minimum atomic E-state index is -0.324. The number of hydrogen-bond donors (Lipinski definition) is 1. The van der Waals surface area contributed by atoms with Gasteiger partial charge in [-0.1, -0.05) is 23.8 Å². The molecule has 1 nitrogen and oxygen atoms in total. The number of aliphatic hydroxyl groups is 1. The fourth-order valence-electron chi connectivity index (χ4n) is 1.37. The molecule has 1 aromatic carbocycles. The fraction of sp³-hybridized carbons (Fsp3) is 0.455. The summed E-state index contributed by atoms with van der Waals surface area (Å²) in [6, 6.07) is 6.20. The molecule has 0 heterocycles. The summed E-state index contributed by atoms with van der Waals surface area (Å²) in [4.78, 5) is 0. The van der Waals surface area contributed by atoms with Crippen molar-refractivity contribution >= 4 is 11.8 Å². The largest absolute Gasteiger partial charge is 0.388 e. The van der Waals surface area contributed by atoms with Gasteiger partial charge in [0.15, 0.2) is 0 Å². The summed E-state index contributed by atoms with van der Waals surface area (Å²) in [7, 11) is 0. The lowest BCUT2D eigenvalue weighted by atomic mass is 10.0. The van der Waals surface area contributed by atoms with Gasteiger partial charge in [0.2, 0.25) is 0 Å². The number of aryl methyl sites for hydroxylation is 2. The van der Waals surface area contributed by atoms with E-state index in [0.717, 1.165) is 11.3 Å². The molecule has 2 heteroatoms. The number of aliphatic hydroxyl groups excluding tert-OH is 1. The molecular weight excluding hydrogens is 180 g/mol. The molecule has 13 heavy (non-hydrogen) atoms. The summed E-state index contributed by atoms with van der Waals surface area (Å²) in [5.74, 6) is 0.768. The Hall–Kier alpha value is -0.470. The van der Waals surface area contributed by atoms with E-state index in [4.69, 9.17) is 0 Å². The maximum absolute atomic E-state index is 9.80. The lowest BCUT2D eigenvalue weighted by Gasteiger charge is -2.13. The van der Waals surface area contributed by atoms with Gasteiger partial charge >= 0.3 is 0 Å². The van der Waals surface area contributed by atoms with E-state index in [1.807, 2.05) is 13.2 Å². The molecule has 0 saturated carbocycles. The molecule has 0 aliphatic carbocycles. The minimum absolute atomic E-state index is 0.324. The Morgan fingerprint density at radius 2 is 2.08 bits per heavy atom. The van der Waals surface area contributed by atoms with Crippen LogP contribution in [0.4, 0.5) is 0 Å². The molecule has 0 bridgehead atoms. The third kappa shape index (κ3) is 2.75. The van der Waals surface area contributed by atoms with Gasteiger partial charge in [-0.15, -0.1) is 0 Å². The van der Waals surface area contributed by atoms with Crippen LogP contribution in [0.15, 0.2) is 18.2 Å². The van der Waals surface area contributed by atoms with Crippen LogP contribution in [0.25, 0.3) is 0 Å². The fourth-order valence-corrected chi connectivity index (χ4v) is 1.86. The molecule has 0 fully saturated rings. The third-order valence-electron chi connectivity index (χ3n) is 2.12. The molecule has 0 spiro atoms. The number of benzene rings is 1. The zero-order valence-corrected chi connectivity index (χ0v) is 9.19. The van der Waals surface area contributed by atoms with Crippen molar-refractivity contribution in [3.05, 3.63) is 34.9 Å². The average Bonchev–Trinajstić information content (AvgIpc) is 2.09. The van der Waals surface area contributed by atoms with Gasteiger partial charge in [-0.25, -0.2) is 0 Å². The topological polar surface area (TPSA) is 20.2 Å². The van der Waals surface area contributed by atoms with Gasteiger partial charge in [-0.2, -0.15) is 11.8 Å². The summed E-state index contributed by atoms with van der Waals surface area (Å²) in [6.07, 6.45) is 1.68. The van der Waals surface area contributed by atoms with Crippen molar-refractivity contribution in [1.82, 2.24) is 0 Å². The smallest absolute Gasteiger partial charge is 0.0882 e. The van der Waals surface area contributed by atoms with E-state index in [1.54, 1.807) is 11.8 Å². The second kappa shape index (κ2) is 4.68. The highest BCUT2D eigenvalue weighted by atomic mass is 32.2. The van der Waals surface area contributed by atoms with Crippen molar-refractivity contribution in [2.24, 2.45) is 0 Å². The monoisotopic (exact) mass is 196 g/mol. The molecule has 1 aromatic rings. The van der Waals surface area contributed by atoms with Crippen molar-refractivity contribution in [3.63, 3.8) is 0 Å². The van der Waals surface area contributed by atoms with Crippen LogP contribution in [-0.4, -0.2) is 17.1 Å². The zero-order chi connectivity index (χ0) is 9.84. The molecule has 1 unspecified atom stereocenters. The Labute approximate surface area is 84.2 Å². The zero-order valence-electron chi connectivity index (χ0n) is 8.37. The molecule has 1 N–H and O–H groups in total. The molecule has 0 aliphatic rings. The van der Waals surface area contributed by atoms with Gasteiger partial charge in [0.1, 0.15) is 0 Å². The lowest BCUT2D eigenvalue weighted by molar-refractivity contribution is 0.203. The second-order valence-corrected chi connectivity index (χ2v) is 4.24. The van der Waals surface area contributed by atoms with E-state index in [0.29, 0.717) is 0 Å². The molecule has 0 aliphatic heterocycles. The highest BCUT2D eigenvalue weighted by Gasteiger charge is 2.09. The lowest BCUT2D eigenvalue weighted by Crippen LogP contribution is -2.02. The van der Waals surface area contributed by atoms with Crippen molar-refractivity contribution in [2.45, 2.75) is 20.0 Å². The summed E-state index contributed by atoms with van der Waals surface area (Å²) < 4.78 is 0. The van der Waals surface area contributed by atoms with Gasteiger partial charge in [0, 0.05) is 5.75 Å². The van der Waals surface area contributed by atoms with Crippen LogP contribution in [-0.2, 0) is 0 Å². The van der Waals surface area contributed by atoms with Crippen LogP contribution < -0.4 is 0 Å². The molecule has 0 amide bonds. The number of rotatable bonds is 3. The standard InChI is InChI=1S/C11H16OS/c1-8-4-5-9(2)10(6-8)11(12)7-13-3/h4-6,11-12H,7H2,1-3H3. The number of thioether (sulfide) groups is 1. The van der Waals surface area contributed by atoms with Crippen LogP contribution in [0.2, 0.25) is 0 Å². The SMILES string of the molecule is CSCC(O)c1cc(C)ccc1C. The first-order valence-corrected chi connectivity index (χ1v) is 5.78. The van der Waals surface area contributed by atoms with Crippen LogP contribution in [0.5, 0.6) is 0 Å². The summed E-state index contributed by atoms with van der Waals surface area (Å²) in [6.45, 7) is 4.09. The molecule has 72 valence electrons. The van der Waals surface area contributed by atoms with Gasteiger partial charge < -0.3 is 5.11 Å². The maximum Gasteiger partial charge on any atom is 0.0882 e. The maximum atomic E-state index is 9.80. The Bertz CT molecular complexity index is 283.